The molecular formula is C20H31N3O2. The van der Waals surface area contributed by atoms with Crippen LogP contribution in [0.4, 0.5) is 0 Å². The summed E-state index contributed by atoms with van der Waals surface area (Å²) in [5.41, 5.74) is 0. The minimum Gasteiger partial charge on any atom is -0.342 e. The van der Waals surface area contributed by atoms with Crippen molar-refractivity contribution in [2.75, 3.05) is 39.3 Å². The van der Waals surface area contributed by atoms with E-state index in [2.05, 4.69) is 9.80 Å². The SMILES string of the molecule is O=C(C1CC1)N1CCCC(C(=O)N2CC3CN4CCCCC4C3C2)C1. The standard InChI is InChI=1S/C20H31N3O2/c24-19(14-6-7-14)22-9-3-4-15(10-22)20(25)23-12-16-11-21-8-2-1-5-18(21)17(16)13-23/h14-18H,1-13H2. The van der Waals surface area contributed by atoms with Gasteiger partial charge in [0.1, 0.15) is 0 Å². The zero-order chi connectivity index (χ0) is 17.0. The summed E-state index contributed by atoms with van der Waals surface area (Å²) in [5, 5.41) is 0. The van der Waals surface area contributed by atoms with E-state index < -0.39 is 0 Å². The van der Waals surface area contributed by atoms with Crippen LogP contribution in [0.15, 0.2) is 0 Å². The van der Waals surface area contributed by atoms with Crippen LogP contribution in [0.1, 0.15) is 44.9 Å². The van der Waals surface area contributed by atoms with Crippen LogP contribution in [0.3, 0.4) is 0 Å². The molecule has 0 aromatic heterocycles. The summed E-state index contributed by atoms with van der Waals surface area (Å²) in [6.07, 6.45) is 8.12. The minimum atomic E-state index is 0.0535. The molecule has 0 aromatic rings. The van der Waals surface area contributed by atoms with E-state index >= 15 is 0 Å². The molecule has 0 spiro atoms. The topological polar surface area (TPSA) is 43.9 Å². The van der Waals surface area contributed by atoms with Gasteiger partial charge in [0.25, 0.3) is 0 Å². The molecule has 4 saturated heterocycles. The number of carbonyl (C=O) groups excluding carboxylic acids is 2. The van der Waals surface area contributed by atoms with Gasteiger partial charge in [0.05, 0.1) is 5.92 Å². The molecule has 4 atom stereocenters. The summed E-state index contributed by atoms with van der Waals surface area (Å²) in [6.45, 7) is 5.95. The monoisotopic (exact) mass is 345 g/mol. The van der Waals surface area contributed by atoms with E-state index in [-0.39, 0.29) is 11.8 Å². The van der Waals surface area contributed by atoms with Crippen LogP contribution < -0.4 is 0 Å². The van der Waals surface area contributed by atoms with Crippen LogP contribution in [-0.4, -0.2) is 71.8 Å². The predicted octanol–water partition coefficient (Wildman–Crippen LogP) is 1.58. The molecule has 5 rings (SSSR count). The second-order valence-electron chi connectivity index (χ2n) is 9.12. The molecule has 1 aliphatic carbocycles. The first-order valence-corrected chi connectivity index (χ1v) is 10.5. The van der Waals surface area contributed by atoms with E-state index in [0.717, 1.165) is 51.4 Å². The van der Waals surface area contributed by atoms with Gasteiger partial charge in [-0.1, -0.05) is 6.42 Å². The van der Waals surface area contributed by atoms with E-state index in [1.54, 1.807) is 0 Å². The van der Waals surface area contributed by atoms with Crippen LogP contribution >= 0.6 is 0 Å². The Hall–Kier alpha value is -1.10. The summed E-state index contributed by atoms with van der Waals surface area (Å²) in [7, 11) is 0. The third kappa shape index (κ3) is 2.88. The molecule has 25 heavy (non-hydrogen) atoms. The second-order valence-corrected chi connectivity index (χ2v) is 9.12. The van der Waals surface area contributed by atoms with E-state index in [0.29, 0.717) is 30.2 Å². The van der Waals surface area contributed by atoms with Crippen LogP contribution in [0.5, 0.6) is 0 Å². The summed E-state index contributed by atoms with van der Waals surface area (Å²) >= 11 is 0. The molecule has 0 bridgehead atoms. The lowest BCUT2D eigenvalue weighted by Gasteiger charge is -2.36. The fourth-order valence-corrected chi connectivity index (χ4v) is 5.96. The molecule has 5 heteroatoms. The lowest BCUT2D eigenvalue weighted by molar-refractivity contribution is -0.141. The number of nitrogens with zero attached hydrogens (tertiary/aromatic N) is 3. The van der Waals surface area contributed by atoms with Crippen LogP contribution in [0, 0.1) is 23.7 Å². The van der Waals surface area contributed by atoms with Gasteiger partial charge < -0.3 is 9.80 Å². The quantitative estimate of drug-likeness (QED) is 0.763. The number of fused-ring (bicyclic) bond motifs is 3. The van der Waals surface area contributed by atoms with Crippen LogP contribution in [0.2, 0.25) is 0 Å². The van der Waals surface area contributed by atoms with E-state index in [4.69, 9.17) is 0 Å². The van der Waals surface area contributed by atoms with Gasteiger partial charge in [-0.2, -0.15) is 0 Å². The van der Waals surface area contributed by atoms with Crippen molar-refractivity contribution in [3.05, 3.63) is 0 Å². The highest BCUT2D eigenvalue weighted by Crippen LogP contribution is 2.41. The fraction of sp³-hybridized carbons (Fsp3) is 0.900. The highest BCUT2D eigenvalue weighted by molar-refractivity contribution is 5.83. The average molecular weight is 345 g/mol. The van der Waals surface area contributed by atoms with Crippen molar-refractivity contribution in [1.29, 1.82) is 0 Å². The molecule has 0 aromatic carbocycles. The first-order valence-electron chi connectivity index (χ1n) is 10.5. The Morgan fingerprint density at radius 1 is 0.680 bits per heavy atom. The van der Waals surface area contributed by atoms with Crippen molar-refractivity contribution in [3.63, 3.8) is 0 Å². The third-order valence-corrected chi connectivity index (χ3v) is 7.44. The first-order chi connectivity index (χ1) is 12.2. The Labute approximate surface area is 150 Å². The highest BCUT2D eigenvalue weighted by Gasteiger charge is 2.49. The molecular weight excluding hydrogens is 314 g/mol. The maximum atomic E-state index is 13.1. The van der Waals surface area contributed by atoms with E-state index in [1.807, 2.05) is 4.90 Å². The molecule has 4 heterocycles. The smallest absolute Gasteiger partial charge is 0.227 e. The normalized spacial score (nSPS) is 38.6. The number of hydrogen-bond donors (Lipinski definition) is 0. The maximum absolute atomic E-state index is 13.1. The summed E-state index contributed by atoms with van der Waals surface area (Å²) in [5.74, 6) is 2.38. The van der Waals surface area contributed by atoms with E-state index in [1.165, 1.54) is 32.4 Å². The Kier molecular flexibility index (Phi) is 4.03. The van der Waals surface area contributed by atoms with Crippen molar-refractivity contribution in [2.45, 2.75) is 51.0 Å². The Morgan fingerprint density at radius 3 is 2.36 bits per heavy atom. The summed E-state index contributed by atoms with van der Waals surface area (Å²) in [6, 6.07) is 0.732. The second kappa shape index (κ2) is 6.26. The van der Waals surface area contributed by atoms with Gasteiger partial charge >= 0.3 is 0 Å². The number of rotatable bonds is 2. The largest absolute Gasteiger partial charge is 0.342 e. The van der Waals surface area contributed by atoms with E-state index in [9.17, 15) is 9.59 Å². The van der Waals surface area contributed by atoms with Crippen molar-refractivity contribution in [2.24, 2.45) is 23.7 Å². The number of carbonyl (C=O) groups is 2. The van der Waals surface area contributed by atoms with Crippen molar-refractivity contribution < 1.29 is 9.59 Å². The predicted molar refractivity (Wildman–Crippen MR) is 94.8 cm³/mol. The maximum Gasteiger partial charge on any atom is 0.227 e. The van der Waals surface area contributed by atoms with Crippen molar-refractivity contribution >= 4 is 11.8 Å². The molecule has 4 aliphatic heterocycles. The molecule has 138 valence electrons. The molecule has 4 unspecified atom stereocenters. The highest BCUT2D eigenvalue weighted by atomic mass is 16.2. The molecule has 1 saturated carbocycles. The minimum absolute atomic E-state index is 0.0535. The molecule has 2 amide bonds. The molecule has 5 fully saturated rings. The van der Waals surface area contributed by atoms with Gasteiger partial charge in [0.2, 0.25) is 11.8 Å². The van der Waals surface area contributed by atoms with Crippen molar-refractivity contribution in [3.8, 4) is 0 Å². The van der Waals surface area contributed by atoms with Crippen molar-refractivity contribution in [1.82, 2.24) is 14.7 Å². The Bertz CT molecular complexity index is 561. The Morgan fingerprint density at radius 2 is 1.52 bits per heavy atom. The van der Waals surface area contributed by atoms with Gasteiger partial charge in [0.15, 0.2) is 0 Å². The van der Waals surface area contributed by atoms with Gasteiger partial charge in [0, 0.05) is 44.7 Å². The van der Waals surface area contributed by atoms with Gasteiger partial charge in [-0.3, -0.25) is 14.5 Å². The number of piperidine rings is 2. The zero-order valence-corrected chi connectivity index (χ0v) is 15.2. The molecule has 5 aliphatic rings. The molecule has 0 N–H and O–H groups in total. The third-order valence-electron chi connectivity index (χ3n) is 7.44. The number of likely N-dealkylation sites (tertiary alicyclic amines) is 2. The number of hydrogen-bond acceptors (Lipinski definition) is 3. The Balaban J connectivity index is 1.21. The summed E-state index contributed by atoms with van der Waals surface area (Å²) < 4.78 is 0. The zero-order valence-electron chi connectivity index (χ0n) is 15.2. The number of amides is 2. The average Bonchev–Trinajstić information content (AvgIpc) is 3.32. The molecule has 5 nitrogen and oxygen atoms in total. The fourth-order valence-electron chi connectivity index (χ4n) is 5.96. The van der Waals surface area contributed by atoms with Crippen LogP contribution in [-0.2, 0) is 9.59 Å². The summed E-state index contributed by atoms with van der Waals surface area (Å²) in [4.78, 5) is 32.3. The van der Waals surface area contributed by atoms with Gasteiger partial charge in [-0.15, -0.1) is 0 Å². The first kappa shape index (κ1) is 16.1. The lowest BCUT2D eigenvalue weighted by Crippen LogP contribution is -2.47. The molecule has 0 radical (unpaired) electrons. The van der Waals surface area contributed by atoms with Gasteiger partial charge in [-0.25, -0.2) is 0 Å². The van der Waals surface area contributed by atoms with Crippen LogP contribution in [0.25, 0.3) is 0 Å². The lowest BCUT2D eigenvalue weighted by atomic mass is 9.90. The van der Waals surface area contributed by atoms with Gasteiger partial charge in [-0.05, 0) is 56.9 Å².